The summed E-state index contributed by atoms with van der Waals surface area (Å²) in [5, 5.41) is 9.68. The molecule has 2 unspecified atom stereocenters. The zero-order chi connectivity index (χ0) is 13.6. The summed E-state index contributed by atoms with van der Waals surface area (Å²) in [5.74, 6) is 0.642. The Bertz CT molecular complexity index is 535. The van der Waals surface area contributed by atoms with E-state index in [0.717, 1.165) is 0 Å². The Labute approximate surface area is 107 Å². The minimum absolute atomic E-state index is 0.0801. The van der Waals surface area contributed by atoms with Crippen LogP contribution in [0.4, 0.5) is 0 Å². The number of rotatable bonds is 4. The molecule has 6 nitrogen and oxygen atoms in total. The first-order valence-electron chi connectivity index (χ1n) is 6.01. The summed E-state index contributed by atoms with van der Waals surface area (Å²) in [6, 6.07) is -0.245. The highest BCUT2D eigenvalue weighted by Gasteiger charge is 2.49. The maximum Gasteiger partial charge on any atom is 0.257 e. The van der Waals surface area contributed by atoms with Crippen LogP contribution in [0.3, 0.4) is 0 Å². The van der Waals surface area contributed by atoms with Crippen LogP contribution in [0, 0.1) is 5.41 Å². The van der Waals surface area contributed by atoms with Crippen molar-refractivity contribution in [2.45, 2.75) is 50.8 Å². The van der Waals surface area contributed by atoms with Crippen LogP contribution in [0.2, 0.25) is 0 Å². The smallest absolute Gasteiger partial charge is 0.257 e. The van der Waals surface area contributed by atoms with Crippen molar-refractivity contribution in [2.75, 3.05) is 0 Å². The molecular weight excluding hydrogens is 254 g/mol. The Balaban J connectivity index is 2.13. The Hall–Kier alpha value is -0.920. The van der Waals surface area contributed by atoms with Crippen molar-refractivity contribution in [1.29, 1.82) is 0 Å². The van der Waals surface area contributed by atoms with E-state index < -0.39 is 21.5 Å². The highest BCUT2D eigenvalue weighted by atomic mass is 32.2. The predicted octanol–water partition coefficient (Wildman–Crippen LogP) is 0.410. The lowest BCUT2D eigenvalue weighted by molar-refractivity contribution is -0.0645. The number of sulfonamides is 1. The molecule has 18 heavy (non-hydrogen) atoms. The van der Waals surface area contributed by atoms with Crippen molar-refractivity contribution in [3.05, 3.63) is 12.0 Å². The molecule has 0 radical (unpaired) electrons. The van der Waals surface area contributed by atoms with Crippen LogP contribution in [-0.4, -0.2) is 35.6 Å². The van der Waals surface area contributed by atoms with E-state index in [4.69, 9.17) is 0 Å². The molecule has 2 atom stereocenters. The number of aliphatic hydroxyl groups is 1. The second-order valence-corrected chi connectivity index (χ2v) is 6.98. The van der Waals surface area contributed by atoms with Gasteiger partial charge in [0.05, 0.1) is 12.3 Å². The lowest BCUT2D eigenvalue weighted by Crippen LogP contribution is -2.61. The summed E-state index contributed by atoms with van der Waals surface area (Å²) in [5.41, 5.74) is -0.430. The van der Waals surface area contributed by atoms with Crippen LogP contribution in [0.5, 0.6) is 0 Å². The third kappa shape index (κ3) is 2.17. The van der Waals surface area contributed by atoms with Crippen LogP contribution in [0.15, 0.2) is 11.2 Å². The number of aryl methyl sites for hydroxylation is 1. The molecule has 7 heteroatoms. The van der Waals surface area contributed by atoms with Gasteiger partial charge in [0, 0.05) is 17.9 Å². The van der Waals surface area contributed by atoms with Crippen molar-refractivity contribution >= 4 is 10.0 Å². The van der Waals surface area contributed by atoms with Crippen molar-refractivity contribution in [1.82, 2.24) is 14.7 Å². The number of imidazole rings is 1. The number of nitrogens with one attached hydrogen (secondary N) is 2. The second-order valence-electron chi connectivity index (χ2n) is 5.29. The summed E-state index contributed by atoms with van der Waals surface area (Å²) in [7, 11) is -3.58. The molecule has 0 aromatic carbocycles. The van der Waals surface area contributed by atoms with E-state index in [2.05, 4.69) is 14.7 Å². The first-order chi connectivity index (χ1) is 8.27. The fraction of sp³-hybridized carbons (Fsp3) is 0.727. The van der Waals surface area contributed by atoms with Gasteiger partial charge in [0.1, 0.15) is 5.82 Å². The summed E-state index contributed by atoms with van der Waals surface area (Å²) < 4.78 is 26.8. The van der Waals surface area contributed by atoms with Gasteiger partial charge in [-0.1, -0.05) is 20.8 Å². The quantitative estimate of drug-likeness (QED) is 0.740. The molecule has 0 bridgehead atoms. The first-order valence-corrected chi connectivity index (χ1v) is 7.50. The minimum atomic E-state index is -3.58. The van der Waals surface area contributed by atoms with Gasteiger partial charge in [-0.25, -0.2) is 18.1 Å². The van der Waals surface area contributed by atoms with Gasteiger partial charge in [-0.05, 0) is 6.42 Å². The molecule has 102 valence electrons. The molecule has 1 aromatic rings. The summed E-state index contributed by atoms with van der Waals surface area (Å²) in [4.78, 5) is 6.75. The number of aromatic nitrogens is 2. The molecule has 1 aliphatic rings. The number of hydrogen-bond acceptors (Lipinski definition) is 4. The fourth-order valence-electron chi connectivity index (χ4n) is 2.01. The molecule has 1 heterocycles. The number of hydrogen-bond donors (Lipinski definition) is 3. The van der Waals surface area contributed by atoms with Gasteiger partial charge in [-0.3, -0.25) is 0 Å². The van der Waals surface area contributed by atoms with Crippen molar-refractivity contribution in [3.8, 4) is 0 Å². The number of H-pyrrole nitrogens is 1. The summed E-state index contributed by atoms with van der Waals surface area (Å²) in [6.07, 6.45) is 1.96. The van der Waals surface area contributed by atoms with Gasteiger partial charge in [-0.2, -0.15) is 0 Å². The molecule has 0 aliphatic heterocycles. The normalized spacial score (nSPS) is 26.9. The Morgan fingerprint density at radius 1 is 1.61 bits per heavy atom. The Kier molecular flexibility index (Phi) is 3.25. The summed E-state index contributed by atoms with van der Waals surface area (Å²) in [6.45, 7) is 5.59. The van der Waals surface area contributed by atoms with Gasteiger partial charge in [-0.15, -0.1) is 0 Å². The van der Waals surface area contributed by atoms with E-state index >= 15 is 0 Å². The van der Waals surface area contributed by atoms with E-state index in [0.29, 0.717) is 18.7 Å². The largest absolute Gasteiger partial charge is 0.392 e. The molecule has 1 aromatic heterocycles. The van der Waals surface area contributed by atoms with E-state index in [9.17, 15) is 13.5 Å². The van der Waals surface area contributed by atoms with E-state index in [-0.39, 0.29) is 11.1 Å². The van der Waals surface area contributed by atoms with Gasteiger partial charge in [0.2, 0.25) is 0 Å². The van der Waals surface area contributed by atoms with Gasteiger partial charge >= 0.3 is 0 Å². The average Bonchev–Trinajstić information content (AvgIpc) is 2.77. The predicted molar refractivity (Wildman–Crippen MR) is 66.5 cm³/mol. The monoisotopic (exact) mass is 273 g/mol. The second kappa shape index (κ2) is 4.32. The van der Waals surface area contributed by atoms with Crippen LogP contribution in [0.1, 0.15) is 33.0 Å². The molecular formula is C11H19N3O3S. The van der Waals surface area contributed by atoms with Gasteiger partial charge in [0.15, 0.2) is 5.03 Å². The zero-order valence-electron chi connectivity index (χ0n) is 10.8. The maximum atomic E-state index is 12.1. The topological polar surface area (TPSA) is 95.1 Å². The lowest BCUT2D eigenvalue weighted by Gasteiger charge is -2.49. The molecule has 1 aliphatic carbocycles. The lowest BCUT2D eigenvalue weighted by atomic mass is 9.65. The zero-order valence-corrected chi connectivity index (χ0v) is 11.6. The molecule has 1 saturated carbocycles. The van der Waals surface area contributed by atoms with Crippen LogP contribution in [-0.2, 0) is 16.4 Å². The average molecular weight is 273 g/mol. The molecule has 2 rings (SSSR count). The highest BCUT2D eigenvalue weighted by Crippen LogP contribution is 2.41. The molecule has 0 spiro atoms. The third-order valence-electron chi connectivity index (χ3n) is 3.74. The standard InChI is InChI=1S/C11H19N3O3S/c1-4-9-12-6-10(13-9)18(16,17)14-7-5-8(15)11(7,2)3/h6-8,14-15H,4-5H2,1-3H3,(H,12,13). The van der Waals surface area contributed by atoms with E-state index in [1.807, 2.05) is 20.8 Å². The number of aromatic amines is 1. The summed E-state index contributed by atoms with van der Waals surface area (Å²) >= 11 is 0. The third-order valence-corrected chi connectivity index (χ3v) is 5.12. The highest BCUT2D eigenvalue weighted by molar-refractivity contribution is 7.89. The van der Waals surface area contributed by atoms with Crippen LogP contribution in [0.25, 0.3) is 0 Å². The SMILES string of the molecule is CCc1ncc(S(=O)(=O)NC2CC(O)C2(C)C)[nH]1. The Morgan fingerprint density at radius 3 is 2.72 bits per heavy atom. The van der Waals surface area contributed by atoms with Crippen LogP contribution < -0.4 is 4.72 Å². The van der Waals surface area contributed by atoms with Gasteiger partial charge in [0.25, 0.3) is 10.0 Å². The maximum absolute atomic E-state index is 12.1. The molecule has 1 fully saturated rings. The van der Waals surface area contributed by atoms with Gasteiger partial charge < -0.3 is 10.1 Å². The minimum Gasteiger partial charge on any atom is -0.392 e. The number of nitrogens with zero attached hydrogens (tertiary/aromatic N) is 1. The van der Waals surface area contributed by atoms with Crippen LogP contribution >= 0.6 is 0 Å². The molecule has 3 N–H and O–H groups in total. The van der Waals surface area contributed by atoms with Crippen molar-refractivity contribution in [3.63, 3.8) is 0 Å². The molecule has 0 saturated heterocycles. The first kappa shape index (κ1) is 13.5. The fourth-order valence-corrected chi connectivity index (χ4v) is 3.36. The number of aliphatic hydroxyl groups excluding tert-OH is 1. The molecule has 0 amide bonds. The Morgan fingerprint density at radius 2 is 2.28 bits per heavy atom. The van der Waals surface area contributed by atoms with Crippen molar-refractivity contribution in [2.24, 2.45) is 5.41 Å². The van der Waals surface area contributed by atoms with E-state index in [1.54, 1.807) is 0 Å². The van der Waals surface area contributed by atoms with E-state index in [1.165, 1.54) is 6.20 Å². The van der Waals surface area contributed by atoms with Crippen molar-refractivity contribution < 1.29 is 13.5 Å².